The van der Waals surface area contributed by atoms with E-state index in [2.05, 4.69) is 79.9 Å². The molecule has 0 amide bonds. The van der Waals surface area contributed by atoms with Crippen LogP contribution in [0.4, 0.5) is 0 Å². The van der Waals surface area contributed by atoms with Gasteiger partial charge in [-0.25, -0.2) is 4.98 Å². The first-order valence-electron chi connectivity index (χ1n) is 6.22. The van der Waals surface area contributed by atoms with Crippen LogP contribution in [-0.4, -0.2) is 9.36 Å². The van der Waals surface area contributed by atoms with Crippen molar-refractivity contribution in [1.82, 2.24) is 9.36 Å². The molecule has 96 valence electrons. The third kappa shape index (κ3) is 2.01. The van der Waals surface area contributed by atoms with Crippen LogP contribution in [0.3, 0.4) is 0 Å². The minimum Gasteiger partial charge on any atom is -0.208 e. The summed E-state index contributed by atoms with van der Waals surface area (Å²) in [6.45, 7) is 0. The molecule has 1 aromatic heterocycles. The Morgan fingerprint density at radius 2 is 1.50 bits per heavy atom. The fourth-order valence-corrected chi connectivity index (χ4v) is 3.22. The smallest absolute Gasteiger partial charge is 0.179 e. The van der Waals surface area contributed by atoms with E-state index >= 15 is 0 Å². The molecule has 1 heterocycles. The summed E-state index contributed by atoms with van der Waals surface area (Å²) in [4.78, 5) is 4.37. The molecule has 0 radical (unpaired) electrons. The van der Waals surface area contributed by atoms with Gasteiger partial charge in [-0.05, 0) is 67.2 Å². The molecule has 4 rings (SSSR count). The van der Waals surface area contributed by atoms with Crippen LogP contribution in [0.5, 0.6) is 0 Å². The predicted octanol–water partition coefficient (Wildman–Crippen LogP) is 5.27. The average Bonchev–Trinajstić information content (AvgIpc) is 2.91. The highest BCUT2D eigenvalue weighted by Gasteiger charge is 2.06. The van der Waals surface area contributed by atoms with Gasteiger partial charge in [-0.1, -0.05) is 36.4 Å². The minimum atomic E-state index is 0.775. The zero-order valence-corrected chi connectivity index (χ0v) is 12.8. The topological polar surface area (TPSA) is 25.8 Å². The van der Waals surface area contributed by atoms with Crippen molar-refractivity contribution in [2.24, 2.45) is 0 Å². The van der Waals surface area contributed by atoms with Gasteiger partial charge in [0.1, 0.15) is 0 Å². The van der Waals surface area contributed by atoms with Crippen molar-refractivity contribution in [3.8, 4) is 11.4 Å². The second-order valence-electron chi connectivity index (χ2n) is 4.63. The summed E-state index contributed by atoms with van der Waals surface area (Å²) in [5.74, 6) is 0.775. The standard InChI is InChI=1S/C16H9BrN2S/c17-16-18-15(19-20-16)13-6-5-12-7-10-3-1-2-4-11(10)8-14(12)9-13/h1-9H. The molecule has 0 bridgehead atoms. The van der Waals surface area contributed by atoms with E-state index in [0.29, 0.717) is 0 Å². The maximum atomic E-state index is 4.37. The van der Waals surface area contributed by atoms with Crippen molar-refractivity contribution in [2.45, 2.75) is 0 Å². The molecule has 0 saturated heterocycles. The number of fused-ring (bicyclic) bond motifs is 2. The molecule has 0 atom stereocenters. The third-order valence-electron chi connectivity index (χ3n) is 3.36. The number of benzene rings is 3. The van der Waals surface area contributed by atoms with Crippen LogP contribution in [0.25, 0.3) is 32.9 Å². The van der Waals surface area contributed by atoms with Gasteiger partial charge in [0.05, 0.1) is 0 Å². The maximum Gasteiger partial charge on any atom is 0.179 e. The lowest BCUT2D eigenvalue weighted by Gasteiger charge is -2.04. The molecule has 0 saturated carbocycles. The highest BCUT2D eigenvalue weighted by molar-refractivity contribution is 9.11. The molecule has 3 aromatic carbocycles. The van der Waals surface area contributed by atoms with Crippen LogP contribution in [0.15, 0.2) is 58.5 Å². The van der Waals surface area contributed by atoms with Crippen molar-refractivity contribution in [3.63, 3.8) is 0 Å². The highest BCUT2D eigenvalue weighted by atomic mass is 79.9. The van der Waals surface area contributed by atoms with Crippen LogP contribution in [0.1, 0.15) is 0 Å². The number of nitrogens with zero attached hydrogens (tertiary/aromatic N) is 2. The molecular weight excluding hydrogens is 332 g/mol. The van der Waals surface area contributed by atoms with E-state index in [1.165, 1.54) is 33.1 Å². The Balaban J connectivity index is 1.96. The molecule has 0 unspecified atom stereocenters. The number of rotatable bonds is 1. The van der Waals surface area contributed by atoms with Gasteiger partial charge in [0.15, 0.2) is 9.74 Å². The number of aromatic nitrogens is 2. The highest BCUT2D eigenvalue weighted by Crippen LogP contribution is 2.28. The molecule has 4 heteroatoms. The fraction of sp³-hybridized carbons (Fsp3) is 0. The predicted molar refractivity (Wildman–Crippen MR) is 88.1 cm³/mol. The quantitative estimate of drug-likeness (QED) is 0.441. The molecule has 0 spiro atoms. The van der Waals surface area contributed by atoms with E-state index in [0.717, 1.165) is 15.3 Å². The van der Waals surface area contributed by atoms with Gasteiger partial charge in [0.2, 0.25) is 0 Å². The van der Waals surface area contributed by atoms with E-state index in [-0.39, 0.29) is 0 Å². The van der Waals surface area contributed by atoms with E-state index in [9.17, 15) is 0 Å². The van der Waals surface area contributed by atoms with Gasteiger partial charge in [-0.15, -0.1) is 0 Å². The zero-order valence-electron chi connectivity index (χ0n) is 10.4. The summed E-state index contributed by atoms with van der Waals surface area (Å²) >= 11 is 4.72. The van der Waals surface area contributed by atoms with E-state index in [4.69, 9.17) is 0 Å². The number of hydrogen-bond acceptors (Lipinski definition) is 3. The summed E-state index contributed by atoms with van der Waals surface area (Å²) in [7, 11) is 0. The molecule has 0 aliphatic rings. The number of halogens is 1. The molecule has 0 aliphatic carbocycles. The molecular formula is C16H9BrN2S. The van der Waals surface area contributed by atoms with Crippen LogP contribution in [0, 0.1) is 0 Å². The lowest BCUT2D eigenvalue weighted by Crippen LogP contribution is -1.82. The Morgan fingerprint density at radius 3 is 2.20 bits per heavy atom. The van der Waals surface area contributed by atoms with Crippen molar-refractivity contribution < 1.29 is 0 Å². The Morgan fingerprint density at radius 1 is 0.800 bits per heavy atom. The summed E-state index contributed by atoms with van der Waals surface area (Å²) in [6, 6.07) is 19.2. The first-order chi connectivity index (χ1) is 9.79. The van der Waals surface area contributed by atoms with Crippen LogP contribution in [0.2, 0.25) is 0 Å². The lowest BCUT2D eigenvalue weighted by atomic mass is 10.0. The Bertz CT molecular complexity index is 930. The summed E-state index contributed by atoms with van der Waals surface area (Å²) < 4.78 is 5.15. The first-order valence-corrected chi connectivity index (χ1v) is 7.78. The molecule has 4 aromatic rings. The van der Waals surface area contributed by atoms with Crippen molar-refractivity contribution in [3.05, 3.63) is 58.5 Å². The molecule has 0 aliphatic heterocycles. The summed E-state index contributed by atoms with van der Waals surface area (Å²) in [5.41, 5.74) is 1.05. The van der Waals surface area contributed by atoms with Gasteiger partial charge in [-0.3, -0.25) is 0 Å². The number of hydrogen-bond donors (Lipinski definition) is 0. The Hall–Kier alpha value is -1.78. The average molecular weight is 341 g/mol. The molecule has 0 N–H and O–H groups in total. The second-order valence-corrected chi connectivity index (χ2v) is 6.66. The van der Waals surface area contributed by atoms with Crippen LogP contribution >= 0.6 is 27.5 Å². The van der Waals surface area contributed by atoms with E-state index in [1.54, 1.807) is 0 Å². The molecule has 0 fully saturated rings. The first kappa shape index (κ1) is 12.0. The minimum absolute atomic E-state index is 0.775. The Kier molecular flexibility index (Phi) is 2.79. The normalized spacial score (nSPS) is 11.2. The monoisotopic (exact) mass is 340 g/mol. The molecule has 20 heavy (non-hydrogen) atoms. The van der Waals surface area contributed by atoms with Gasteiger partial charge < -0.3 is 0 Å². The summed E-state index contributed by atoms with van der Waals surface area (Å²) in [5, 5.41) is 4.97. The van der Waals surface area contributed by atoms with Crippen LogP contribution < -0.4 is 0 Å². The molecule has 2 nitrogen and oxygen atoms in total. The van der Waals surface area contributed by atoms with E-state index < -0.39 is 0 Å². The van der Waals surface area contributed by atoms with Gasteiger partial charge >= 0.3 is 0 Å². The van der Waals surface area contributed by atoms with Gasteiger partial charge in [-0.2, -0.15) is 4.37 Å². The van der Waals surface area contributed by atoms with Gasteiger partial charge in [0, 0.05) is 5.56 Å². The van der Waals surface area contributed by atoms with Crippen molar-refractivity contribution in [1.29, 1.82) is 0 Å². The maximum absolute atomic E-state index is 4.37. The Labute approximate surface area is 128 Å². The van der Waals surface area contributed by atoms with Crippen molar-refractivity contribution >= 4 is 49.0 Å². The largest absolute Gasteiger partial charge is 0.208 e. The van der Waals surface area contributed by atoms with Gasteiger partial charge in [0.25, 0.3) is 0 Å². The third-order valence-corrected chi connectivity index (χ3v) is 4.48. The zero-order chi connectivity index (χ0) is 13.5. The second kappa shape index (κ2) is 4.65. The van der Waals surface area contributed by atoms with E-state index in [1.807, 2.05) is 0 Å². The summed E-state index contributed by atoms with van der Waals surface area (Å²) in [6.07, 6.45) is 0. The lowest BCUT2D eigenvalue weighted by molar-refractivity contribution is 1.31. The SMILES string of the molecule is Brc1nc(-c2ccc3cc4ccccc4cc3c2)ns1. The van der Waals surface area contributed by atoms with Crippen molar-refractivity contribution in [2.75, 3.05) is 0 Å². The fourth-order valence-electron chi connectivity index (χ4n) is 2.40. The van der Waals surface area contributed by atoms with Crippen LogP contribution in [-0.2, 0) is 0 Å².